The molecule has 1 aliphatic carbocycles. The van der Waals surface area contributed by atoms with Crippen LogP contribution in [0.2, 0.25) is 0 Å². The van der Waals surface area contributed by atoms with Gasteiger partial charge in [0.15, 0.2) is 0 Å². The second kappa shape index (κ2) is 6.84. The summed E-state index contributed by atoms with van der Waals surface area (Å²) < 4.78 is 29.7. The largest absolute Gasteiger partial charge is 0.496 e. The molecule has 3 rings (SSSR count). The molecule has 126 valence electrons. The predicted molar refractivity (Wildman–Crippen MR) is 81.9 cm³/mol. The van der Waals surface area contributed by atoms with Gasteiger partial charge in [0.25, 0.3) is 0 Å². The van der Waals surface area contributed by atoms with Gasteiger partial charge in [-0.25, -0.2) is 4.39 Å². The van der Waals surface area contributed by atoms with Crippen LogP contribution in [0.1, 0.15) is 18.4 Å². The van der Waals surface area contributed by atoms with Gasteiger partial charge in [0.05, 0.1) is 32.3 Å². The molecule has 2 fully saturated rings. The van der Waals surface area contributed by atoms with Crippen molar-refractivity contribution in [3.63, 3.8) is 0 Å². The van der Waals surface area contributed by atoms with Crippen LogP contribution in [0.4, 0.5) is 4.39 Å². The van der Waals surface area contributed by atoms with Crippen molar-refractivity contribution in [2.24, 2.45) is 0 Å². The highest BCUT2D eigenvalue weighted by molar-refractivity contribution is 5.80. The van der Waals surface area contributed by atoms with E-state index >= 15 is 0 Å². The maximum absolute atomic E-state index is 13.3. The molecule has 1 amide bonds. The summed E-state index contributed by atoms with van der Waals surface area (Å²) in [4.78, 5) is 14.6. The number of methoxy groups -OCH3 is 2. The first-order valence-corrected chi connectivity index (χ1v) is 7.90. The molecule has 0 spiro atoms. The lowest BCUT2D eigenvalue weighted by Gasteiger charge is -2.39. The molecule has 1 aliphatic heterocycles. The zero-order valence-corrected chi connectivity index (χ0v) is 13.5. The average molecular weight is 323 g/mol. The number of carbonyl (C=O) groups is 1. The van der Waals surface area contributed by atoms with Gasteiger partial charge >= 0.3 is 0 Å². The number of morpholine rings is 1. The lowest BCUT2D eigenvalue weighted by Crippen LogP contribution is -2.54. The highest BCUT2D eigenvalue weighted by Crippen LogP contribution is 2.32. The fourth-order valence-electron chi connectivity index (χ4n) is 3.61. The van der Waals surface area contributed by atoms with Crippen LogP contribution in [-0.4, -0.2) is 56.4 Å². The fourth-order valence-corrected chi connectivity index (χ4v) is 3.61. The molecule has 5 nitrogen and oxygen atoms in total. The summed E-state index contributed by atoms with van der Waals surface area (Å²) in [6, 6.07) is 4.33. The summed E-state index contributed by atoms with van der Waals surface area (Å²) in [5, 5.41) is 0. The number of fused-ring (bicyclic) bond motifs is 1. The second-order valence-corrected chi connectivity index (χ2v) is 5.97. The molecular weight excluding hydrogens is 301 g/mol. The Morgan fingerprint density at radius 3 is 2.96 bits per heavy atom. The molecule has 1 saturated carbocycles. The van der Waals surface area contributed by atoms with Crippen molar-refractivity contribution in [1.82, 2.24) is 4.90 Å². The summed E-state index contributed by atoms with van der Waals surface area (Å²) in [5.41, 5.74) is 0.697. The van der Waals surface area contributed by atoms with Crippen LogP contribution in [0.3, 0.4) is 0 Å². The van der Waals surface area contributed by atoms with E-state index in [-0.39, 0.29) is 36.4 Å². The van der Waals surface area contributed by atoms with E-state index in [0.717, 1.165) is 12.8 Å². The van der Waals surface area contributed by atoms with E-state index in [1.807, 2.05) is 4.90 Å². The number of halogens is 1. The predicted octanol–water partition coefficient (Wildman–Crippen LogP) is 1.78. The third-order valence-electron chi connectivity index (χ3n) is 4.75. The normalized spacial score (nSPS) is 26.9. The van der Waals surface area contributed by atoms with Crippen LogP contribution in [0.5, 0.6) is 5.75 Å². The Hall–Kier alpha value is -1.66. The maximum Gasteiger partial charge on any atom is 0.227 e. The Morgan fingerprint density at radius 2 is 2.22 bits per heavy atom. The summed E-state index contributed by atoms with van der Waals surface area (Å²) >= 11 is 0. The first-order valence-electron chi connectivity index (χ1n) is 7.90. The summed E-state index contributed by atoms with van der Waals surface area (Å²) in [7, 11) is 3.16. The van der Waals surface area contributed by atoms with E-state index in [9.17, 15) is 9.18 Å². The van der Waals surface area contributed by atoms with Crippen LogP contribution in [0.15, 0.2) is 18.2 Å². The van der Waals surface area contributed by atoms with Gasteiger partial charge in [-0.3, -0.25) is 4.79 Å². The number of benzene rings is 1. The van der Waals surface area contributed by atoms with Gasteiger partial charge < -0.3 is 19.1 Å². The number of carbonyl (C=O) groups excluding carboxylic acids is 1. The van der Waals surface area contributed by atoms with Crippen molar-refractivity contribution in [2.75, 3.05) is 27.4 Å². The third-order valence-corrected chi connectivity index (χ3v) is 4.75. The highest BCUT2D eigenvalue weighted by atomic mass is 19.1. The molecule has 2 aliphatic rings. The lowest BCUT2D eigenvalue weighted by molar-refractivity contribution is -0.149. The van der Waals surface area contributed by atoms with Gasteiger partial charge in [-0.15, -0.1) is 0 Å². The fraction of sp³-hybridized carbons (Fsp3) is 0.588. The number of nitrogens with zero attached hydrogens (tertiary/aromatic N) is 1. The molecule has 3 atom stereocenters. The van der Waals surface area contributed by atoms with E-state index in [2.05, 4.69) is 0 Å². The summed E-state index contributed by atoms with van der Waals surface area (Å²) in [6.07, 6.45) is 1.98. The monoisotopic (exact) mass is 323 g/mol. The van der Waals surface area contributed by atoms with Crippen molar-refractivity contribution >= 4 is 5.91 Å². The Balaban J connectivity index is 1.73. The van der Waals surface area contributed by atoms with Crippen LogP contribution in [0, 0.1) is 5.82 Å². The zero-order chi connectivity index (χ0) is 16.4. The molecule has 1 aromatic carbocycles. The van der Waals surface area contributed by atoms with E-state index in [1.165, 1.54) is 19.2 Å². The van der Waals surface area contributed by atoms with Gasteiger partial charge in [0, 0.05) is 25.3 Å². The number of hydrogen-bond acceptors (Lipinski definition) is 4. The van der Waals surface area contributed by atoms with Crippen molar-refractivity contribution in [2.45, 2.75) is 37.5 Å². The Bertz CT molecular complexity index is 580. The molecule has 0 N–H and O–H groups in total. The smallest absolute Gasteiger partial charge is 0.227 e. The van der Waals surface area contributed by atoms with Crippen LogP contribution in [-0.2, 0) is 20.7 Å². The van der Waals surface area contributed by atoms with Gasteiger partial charge in [-0.05, 0) is 18.9 Å². The molecule has 1 saturated heterocycles. The second-order valence-electron chi connectivity index (χ2n) is 5.97. The zero-order valence-electron chi connectivity index (χ0n) is 13.5. The molecule has 0 radical (unpaired) electrons. The van der Waals surface area contributed by atoms with E-state index in [4.69, 9.17) is 14.2 Å². The number of hydrogen-bond donors (Lipinski definition) is 0. The summed E-state index contributed by atoms with van der Waals surface area (Å²) in [5.74, 6) is 0.0533. The standard InChI is InChI=1S/C17H22FNO4/c1-21-14-6-5-13-17(14)23-8-7-19(13)16(20)9-11-3-4-12(18)10-15(11)22-2/h3-4,10,13-14,17H,5-9H2,1-2H3/t13-,14-,17+/m0/s1. The molecular formula is C17H22FNO4. The van der Waals surface area contributed by atoms with Crippen LogP contribution in [0.25, 0.3) is 0 Å². The highest BCUT2D eigenvalue weighted by Gasteiger charge is 2.44. The number of ether oxygens (including phenoxy) is 3. The van der Waals surface area contributed by atoms with Gasteiger partial charge in [0.2, 0.25) is 5.91 Å². The summed E-state index contributed by atoms with van der Waals surface area (Å²) in [6.45, 7) is 1.10. The van der Waals surface area contributed by atoms with E-state index in [1.54, 1.807) is 13.2 Å². The molecule has 1 heterocycles. The van der Waals surface area contributed by atoms with Crippen molar-refractivity contribution in [3.05, 3.63) is 29.6 Å². The lowest BCUT2D eigenvalue weighted by atomic mass is 10.1. The molecule has 0 unspecified atom stereocenters. The Morgan fingerprint density at radius 1 is 1.39 bits per heavy atom. The number of rotatable bonds is 4. The minimum Gasteiger partial charge on any atom is -0.496 e. The van der Waals surface area contributed by atoms with Gasteiger partial charge in [0.1, 0.15) is 17.7 Å². The molecule has 1 aromatic rings. The Labute approximate surface area is 135 Å². The molecule has 6 heteroatoms. The van der Waals surface area contributed by atoms with Gasteiger partial charge in [-0.1, -0.05) is 6.07 Å². The topological polar surface area (TPSA) is 48.0 Å². The van der Waals surface area contributed by atoms with E-state index in [0.29, 0.717) is 24.5 Å². The first-order chi connectivity index (χ1) is 11.1. The third kappa shape index (κ3) is 3.19. The first kappa shape index (κ1) is 16.2. The minimum atomic E-state index is -0.372. The minimum absolute atomic E-state index is 0.0185. The maximum atomic E-state index is 13.3. The van der Waals surface area contributed by atoms with Crippen molar-refractivity contribution in [1.29, 1.82) is 0 Å². The van der Waals surface area contributed by atoms with Crippen LogP contribution < -0.4 is 4.74 Å². The molecule has 23 heavy (non-hydrogen) atoms. The number of amides is 1. The van der Waals surface area contributed by atoms with Crippen LogP contribution >= 0.6 is 0 Å². The molecule has 0 aromatic heterocycles. The quantitative estimate of drug-likeness (QED) is 0.847. The Kier molecular flexibility index (Phi) is 4.82. The average Bonchev–Trinajstić information content (AvgIpc) is 2.99. The van der Waals surface area contributed by atoms with Gasteiger partial charge in [-0.2, -0.15) is 0 Å². The SMILES string of the molecule is COc1cc(F)ccc1CC(=O)N1CCO[C@H]2[C@@H](OC)CC[C@@H]21. The van der Waals surface area contributed by atoms with Crippen molar-refractivity contribution < 1.29 is 23.4 Å². The van der Waals surface area contributed by atoms with Crippen molar-refractivity contribution in [3.8, 4) is 5.75 Å². The van der Waals surface area contributed by atoms with E-state index < -0.39 is 0 Å². The molecule has 0 bridgehead atoms.